The van der Waals surface area contributed by atoms with Gasteiger partial charge in [-0.2, -0.15) is 0 Å². The van der Waals surface area contributed by atoms with Crippen LogP contribution >= 0.6 is 0 Å². The molecule has 3 aromatic rings. The number of rotatable bonds is 4. The van der Waals surface area contributed by atoms with Gasteiger partial charge in [-0.25, -0.2) is 4.79 Å². The van der Waals surface area contributed by atoms with E-state index in [1.807, 2.05) is 48.7 Å². The van der Waals surface area contributed by atoms with Gasteiger partial charge in [0.2, 0.25) is 5.91 Å². The van der Waals surface area contributed by atoms with Gasteiger partial charge in [0.1, 0.15) is 5.92 Å². The third-order valence-electron chi connectivity index (χ3n) is 5.44. The van der Waals surface area contributed by atoms with E-state index < -0.39 is 29.8 Å². The van der Waals surface area contributed by atoms with Gasteiger partial charge in [0, 0.05) is 29.6 Å². The third kappa shape index (κ3) is 3.78. The van der Waals surface area contributed by atoms with Crippen LogP contribution in [0.2, 0.25) is 0 Å². The molecule has 0 radical (unpaired) electrons. The molecule has 1 saturated heterocycles. The van der Waals surface area contributed by atoms with Gasteiger partial charge in [-0.15, -0.1) is 0 Å². The van der Waals surface area contributed by atoms with Gasteiger partial charge < -0.3 is 14.0 Å². The van der Waals surface area contributed by atoms with E-state index in [9.17, 15) is 14.4 Å². The molecular formula is C23H22N2O5. The van der Waals surface area contributed by atoms with Crippen LogP contribution in [0.4, 0.5) is 4.79 Å². The standard InChI is InChI=1S/C23H22N2O5/c1-29-23(28)24-21(26)20-17(11-12-30-22(20)27)18-14-25(13-15-7-3-2-4-8-15)19-10-6-5-9-16(18)19/h2-10,14,17,20H,11-13H2,1H3,(H,24,26,28)/t17-,20+/m1/s1. The second-order valence-corrected chi connectivity index (χ2v) is 7.24. The Morgan fingerprint density at radius 3 is 2.63 bits per heavy atom. The lowest BCUT2D eigenvalue weighted by Crippen LogP contribution is -2.45. The number of methoxy groups -OCH3 is 1. The first-order valence-corrected chi connectivity index (χ1v) is 9.75. The highest BCUT2D eigenvalue weighted by molar-refractivity contribution is 6.05. The van der Waals surface area contributed by atoms with Gasteiger partial charge in [-0.05, 0) is 23.6 Å². The molecule has 1 fully saturated rings. The Balaban J connectivity index is 1.74. The first kappa shape index (κ1) is 19.7. The summed E-state index contributed by atoms with van der Waals surface area (Å²) in [4.78, 5) is 36.7. The number of carbonyl (C=O) groups is 3. The zero-order valence-electron chi connectivity index (χ0n) is 16.5. The van der Waals surface area contributed by atoms with Crippen LogP contribution in [0.5, 0.6) is 0 Å². The largest absolute Gasteiger partial charge is 0.465 e. The highest BCUT2D eigenvalue weighted by Gasteiger charge is 2.42. The molecule has 0 bridgehead atoms. The second kappa shape index (κ2) is 8.41. The molecule has 0 spiro atoms. The summed E-state index contributed by atoms with van der Waals surface area (Å²) in [6.45, 7) is 0.890. The number of nitrogens with one attached hydrogen (secondary N) is 1. The molecule has 2 atom stereocenters. The Morgan fingerprint density at radius 1 is 1.13 bits per heavy atom. The Kier molecular flexibility index (Phi) is 5.52. The number of para-hydroxylation sites is 1. The number of fused-ring (bicyclic) bond motifs is 1. The van der Waals surface area contributed by atoms with Gasteiger partial charge in [0.25, 0.3) is 0 Å². The third-order valence-corrected chi connectivity index (χ3v) is 5.44. The summed E-state index contributed by atoms with van der Waals surface area (Å²) in [5, 5.41) is 3.09. The fourth-order valence-electron chi connectivity index (χ4n) is 4.04. The number of carbonyl (C=O) groups excluding carboxylic acids is 3. The van der Waals surface area contributed by atoms with Gasteiger partial charge in [0.15, 0.2) is 0 Å². The molecule has 2 aromatic carbocycles. The fraction of sp³-hybridized carbons (Fsp3) is 0.261. The minimum atomic E-state index is -1.12. The normalized spacial score (nSPS) is 18.6. The van der Waals surface area contributed by atoms with Crippen LogP contribution in [0.25, 0.3) is 10.9 Å². The highest BCUT2D eigenvalue weighted by atomic mass is 16.5. The molecule has 1 aliphatic rings. The van der Waals surface area contributed by atoms with Crippen molar-refractivity contribution in [3.05, 3.63) is 71.9 Å². The van der Waals surface area contributed by atoms with E-state index in [0.29, 0.717) is 13.0 Å². The van der Waals surface area contributed by atoms with Crippen molar-refractivity contribution in [1.82, 2.24) is 9.88 Å². The van der Waals surface area contributed by atoms with E-state index in [2.05, 4.69) is 26.8 Å². The summed E-state index contributed by atoms with van der Waals surface area (Å²) in [6.07, 6.45) is 1.59. The molecule has 0 aliphatic carbocycles. The quantitative estimate of drug-likeness (QED) is 0.531. The van der Waals surface area contributed by atoms with E-state index >= 15 is 0 Å². The summed E-state index contributed by atoms with van der Waals surface area (Å²) in [7, 11) is 1.16. The molecule has 1 N–H and O–H groups in total. The Bertz CT molecular complexity index is 1090. The second-order valence-electron chi connectivity index (χ2n) is 7.24. The molecule has 0 unspecified atom stereocenters. The first-order chi connectivity index (χ1) is 14.6. The minimum absolute atomic E-state index is 0.226. The first-order valence-electron chi connectivity index (χ1n) is 9.75. The van der Waals surface area contributed by atoms with E-state index in [0.717, 1.165) is 29.1 Å². The predicted octanol–water partition coefficient (Wildman–Crippen LogP) is 3.22. The molecule has 7 nitrogen and oxygen atoms in total. The van der Waals surface area contributed by atoms with Crippen LogP contribution in [0.15, 0.2) is 60.8 Å². The van der Waals surface area contributed by atoms with E-state index in [4.69, 9.17) is 4.74 Å². The SMILES string of the molecule is COC(=O)NC(=O)[C@H]1C(=O)OCC[C@@H]1c1cn(Cc2ccccc2)c2ccccc12. The maximum absolute atomic E-state index is 12.7. The van der Waals surface area contributed by atoms with Crippen molar-refractivity contribution < 1.29 is 23.9 Å². The van der Waals surface area contributed by atoms with Crippen LogP contribution < -0.4 is 5.32 Å². The lowest BCUT2D eigenvalue weighted by atomic mass is 9.81. The molecule has 2 amide bonds. The van der Waals surface area contributed by atoms with Crippen LogP contribution in [0.1, 0.15) is 23.5 Å². The summed E-state index contributed by atoms with van der Waals surface area (Å²) < 4.78 is 11.8. The molecule has 1 aliphatic heterocycles. The number of alkyl carbamates (subject to hydrolysis) is 1. The lowest BCUT2D eigenvalue weighted by Gasteiger charge is -2.28. The molecule has 30 heavy (non-hydrogen) atoms. The maximum atomic E-state index is 12.7. The van der Waals surface area contributed by atoms with Gasteiger partial charge in [-0.3, -0.25) is 14.9 Å². The van der Waals surface area contributed by atoms with Crippen molar-refractivity contribution in [3.63, 3.8) is 0 Å². The molecule has 2 heterocycles. The number of benzene rings is 2. The molecular weight excluding hydrogens is 384 g/mol. The van der Waals surface area contributed by atoms with Crippen LogP contribution in [0.3, 0.4) is 0 Å². The number of aromatic nitrogens is 1. The summed E-state index contributed by atoms with van der Waals surface area (Å²) in [6, 6.07) is 18.0. The number of imide groups is 1. The average molecular weight is 406 g/mol. The van der Waals surface area contributed by atoms with E-state index in [1.54, 1.807) is 0 Å². The number of esters is 1. The lowest BCUT2D eigenvalue weighted by molar-refractivity contribution is -0.158. The topological polar surface area (TPSA) is 86.6 Å². The van der Waals surface area contributed by atoms with Crippen molar-refractivity contribution in [2.24, 2.45) is 5.92 Å². The smallest absolute Gasteiger partial charge is 0.413 e. The Morgan fingerprint density at radius 2 is 1.87 bits per heavy atom. The zero-order chi connectivity index (χ0) is 21.1. The number of amides is 2. The number of hydrogen-bond acceptors (Lipinski definition) is 5. The van der Waals surface area contributed by atoms with Gasteiger partial charge >= 0.3 is 12.1 Å². The van der Waals surface area contributed by atoms with Crippen molar-refractivity contribution in [2.45, 2.75) is 18.9 Å². The number of nitrogens with zero attached hydrogens (tertiary/aromatic N) is 1. The molecule has 0 saturated carbocycles. The summed E-state index contributed by atoms with van der Waals surface area (Å²) in [5.41, 5.74) is 3.05. The van der Waals surface area contributed by atoms with E-state index in [-0.39, 0.29) is 6.61 Å². The Labute approximate surface area is 173 Å². The monoisotopic (exact) mass is 406 g/mol. The minimum Gasteiger partial charge on any atom is -0.465 e. The summed E-state index contributed by atoms with van der Waals surface area (Å²) >= 11 is 0. The van der Waals surface area contributed by atoms with Crippen molar-refractivity contribution in [1.29, 1.82) is 0 Å². The average Bonchev–Trinajstić information content (AvgIpc) is 3.12. The van der Waals surface area contributed by atoms with Gasteiger partial charge in [-0.1, -0.05) is 48.5 Å². The molecule has 4 rings (SSSR count). The molecule has 7 heteroatoms. The molecule has 154 valence electrons. The number of cyclic esters (lactones) is 1. The fourth-order valence-corrected chi connectivity index (χ4v) is 4.04. The molecule has 1 aromatic heterocycles. The predicted molar refractivity (Wildman–Crippen MR) is 110 cm³/mol. The van der Waals surface area contributed by atoms with Crippen LogP contribution in [-0.4, -0.2) is 36.3 Å². The maximum Gasteiger partial charge on any atom is 0.413 e. The zero-order valence-corrected chi connectivity index (χ0v) is 16.5. The number of hydrogen-bond donors (Lipinski definition) is 1. The van der Waals surface area contributed by atoms with Crippen LogP contribution in [-0.2, 0) is 25.6 Å². The van der Waals surface area contributed by atoms with E-state index in [1.165, 1.54) is 0 Å². The number of ether oxygens (including phenoxy) is 2. The van der Waals surface area contributed by atoms with Crippen molar-refractivity contribution >= 4 is 28.9 Å². The van der Waals surface area contributed by atoms with Crippen LogP contribution in [0, 0.1) is 5.92 Å². The van der Waals surface area contributed by atoms with Gasteiger partial charge in [0.05, 0.1) is 13.7 Å². The van der Waals surface area contributed by atoms with Crippen molar-refractivity contribution in [2.75, 3.05) is 13.7 Å². The van der Waals surface area contributed by atoms with Crippen molar-refractivity contribution in [3.8, 4) is 0 Å². The summed E-state index contributed by atoms with van der Waals surface area (Å²) in [5.74, 6) is -2.87. The highest BCUT2D eigenvalue weighted by Crippen LogP contribution is 2.38. The Hall–Kier alpha value is -3.61.